The standard InChI is InChI=1S/C22H27N3O2/c1-15-13-23-20(16-3-4-16)25(15)18-9-12-24(14-18)21(26)22(10-11-22)17-5-7-19(27-2)8-6-17/h5-8,13,16,18H,3-4,9-12,14H2,1-2H3. The predicted octanol–water partition coefficient (Wildman–Crippen LogP) is 3.58. The van der Waals surface area contributed by atoms with Gasteiger partial charge in [-0.2, -0.15) is 0 Å². The van der Waals surface area contributed by atoms with Gasteiger partial charge in [-0.05, 0) is 56.7 Å². The maximum atomic E-state index is 13.4. The maximum Gasteiger partial charge on any atom is 0.233 e. The lowest BCUT2D eigenvalue weighted by Gasteiger charge is -2.24. The average molecular weight is 365 g/mol. The molecule has 1 atom stereocenters. The molecule has 2 saturated carbocycles. The lowest BCUT2D eigenvalue weighted by Crippen LogP contribution is -2.38. The van der Waals surface area contributed by atoms with Crippen LogP contribution in [0.3, 0.4) is 0 Å². The van der Waals surface area contributed by atoms with E-state index in [1.165, 1.54) is 24.4 Å². The zero-order chi connectivity index (χ0) is 18.6. The minimum atomic E-state index is -0.301. The van der Waals surface area contributed by atoms with Gasteiger partial charge in [-0.25, -0.2) is 4.98 Å². The number of aryl methyl sites for hydroxylation is 1. The van der Waals surface area contributed by atoms with E-state index in [2.05, 4.69) is 33.5 Å². The van der Waals surface area contributed by atoms with Crippen molar-refractivity contribution in [1.29, 1.82) is 0 Å². The van der Waals surface area contributed by atoms with Crippen LogP contribution in [0.25, 0.3) is 0 Å². The first-order valence-corrected chi connectivity index (χ1v) is 10.1. The van der Waals surface area contributed by atoms with Crippen molar-refractivity contribution in [3.63, 3.8) is 0 Å². The summed E-state index contributed by atoms with van der Waals surface area (Å²) in [4.78, 5) is 20.1. The lowest BCUT2D eigenvalue weighted by molar-refractivity contribution is -0.133. The number of methoxy groups -OCH3 is 1. The van der Waals surface area contributed by atoms with Crippen LogP contribution in [0.2, 0.25) is 0 Å². The highest BCUT2D eigenvalue weighted by Gasteiger charge is 2.54. The van der Waals surface area contributed by atoms with Crippen LogP contribution in [0.1, 0.15) is 61.1 Å². The third-order valence-electron chi connectivity index (χ3n) is 6.57. The van der Waals surface area contributed by atoms with Gasteiger partial charge in [0.15, 0.2) is 0 Å². The van der Waals surface area contributed by atoms with Gasteiger partial charge in [-0.1, -0.05) is 12.1 Å². The van der Waals surface area contributed by atoms with Crippen LogP contribution in [-0.4, -0.2) is 40.6 Å². The molecular weight excluding hydrogens is 338 g/mol. The first-order valence-electron chi connectivity index (χ1n) is 10.1. The molecule has 1 aliphatic heterocycles. The average Bonchev–Trinajstić information content (AvgIpc) is 3.61. The number of imidazole rings is 1. The van der Waals surface area contributed by atoms with Crippen LogP contribution in [0.4, 0.5) is 0 Å². The van der Waals surface area contributed by atoms with E-state index in [0.29, 0.717) is 17.9 Å². The van der Waals surface area contributed by atoms with Crippen molar-refractivity contribution in [3.05, 3.63) is 47.5 Å². The van der Waals surface area contributed by atoms with Gasteiger partial charge < -0.3 is 14.2 Å². The van der Waals surface area contributed by atoms with Crippen molar-refractivity contribution in [2.45, 2.75) is 56.4 Å². The first-order chi connectivity index (χ1) is 13.1. The van der Waals surface area contributed by atoms with E-state index < -0.39 is 0 Å². The van der Waals surface area contributed by atoms with Crippen molar-refractivity contribution in [1.82, 2.24) is 14.5 Å². The van der Waals surface area contributed by atoms with Gasteiger partial charge >= 0.3 is 0 Å². The molecular formula is C22H27N3O2. The van der Waals surface area contributed by atoms with Gasteiger partial charge in [-0.3, -0.25) is 4.79 Å². The van der Waals surface area contributed by atoms with Crippen molar-refractivity contribution >= 4 is 5.91 Å². The number of likely N-dealkylation sites (tertiary alicyclic amines) is 1. The molecule has 5 rings (SSSR count). The van der Waals surface area contributed by atoms with Gasteiger partial charge in [0.05, 0.1) is 18.6 Å². The molecule has 0 spiro atoms. The molecule has 5 heteroatoms. The third-order valence-corrected chi connectivity index (χ3v) is 6.57. The Balaban J connectivity index is 1.34. The fourth-order valence-corrected chi connectivity index (χ4v) is 4.68. The Bertz CT molecular complexity index is 862. The minimum Gasteiger partial charge on any atom is -0.497 e. The van der Waals surface area contributed by atoms with Gasteiger partial charge in [0.25, 0.3) is 0 Å². The molecule has 1 saturated heterocycles. The summed E-state index contributed by atoms with van der Waals surface area (Å²) in [5.74, 6) is 3.02. The quantitative estimate of drug-likeness (QED) is 0.814. The Morgan fingerprint density at radius 1 is 1.19 bits per heavy atom. The fourth-order valence-electron chi connectivity index (χ4n) is 4.68. The Morgan fingerprint density at radius 2 is 1.93 bits per heavy atom. The molecule has 1 amide bonds. The van der Waals surface area contributed by atoms with E-state index in [0.717, 1.165) is 43.7 Å². The highest BCUT2D eigenvalue weighted by molar-refractivity contribution is 5.91. The van der Waals surface area contributed by atoms with Crippen LogP contribution in [0.15, 0.2) is 30.5 Å². The normalized spacial score (nSPS) is 23.5. The number of hydrogen-bond donors (Lipinski definition) is 0. The summed E-state index contributed by atoms with van der Waals surface area (Å²) in [6, 6.07) is 8.42. The van der Waals surface area contributed by atoms with Gasteiger partial charge in [0.2, 0.25) is 5.91 Å². The van der Waals surface area contributed by atoms with E-state index >= 15 is 0 Å². The Hall–Kier alpha value is -2.30. The summed E-state index contributed by atoms with van der Waals surface area (Å²) in [6.07, 6.45) is 7.45. The number of benzene rings is 1. The monoisotopic (exact) mass is 365 g/mol. The summed E-state index contributed by atoms with van der Waals surface area (Å²) in [5.41, 5.74) is 2.06. The number of carbonyl (C=O) groups excluding carboxylic acids is 1. The number of carbonyl (C=O) groups is 1. The predicted molar refractivity (Wildman–Crippen MR) is 103 cm³/mol. The van der Waals surface area contributed by atoms with Crippen molar-refractivity contribution in [2.24, 2.45) is 0 Å². The van der Waals surface area contributed by atoms with Gasteiger partial charge in [-0.15, -0.1) is 0 Å². The molecule has 27 heavy (non-hydrogen) atoms. The first kappa shape index (κ1) is 16.8. The SMILES string of the molecule is COc1ccc(C2(C(=O)N3CCC(n4c(C)cnc4C4CC4)C3)CC2)cc1. The highest BCUT2D eigenvalue weighted by atomic mass is 16.5. The molecule has 5 nitrogen and oxygen atoms in total. The zero-order valence-corrected chi connectivity index (χ0v) is 16.1. The summed E-state index contributed by atoms with van der Waals surface area (Å²) in [6.45, 7) is 3.81. The van der Waals surface area contributed by atoms with Crippen LogP contribution in [0, 0.1) is 6.92 Å². The molecule has 0 radical (unpaired) electrons. The highest BCUT2D eigenvalue weighted by Crippen LogP contribution is 2.50. The van der Waals surface area contributed by atoms with Crippen LogP contribution in [0.5, 0.6) is 5.75 Å². The Morgan fingerprint density at radius 3 is 2.56 bits per heavy atom. The molecule has 1 aromatic heterocycles. The lowest BCUT2D eigenvalue weighted by atomic mass is 9.94. The van der Waals surface area contributed by atoms with Crippen molar-refractivity contribution in [2.75, 3.05) is 20.2 Å². The fraction of sp³-hybridized carbons (Fsp3) is 0.545. The van der Waals surface area contributed by atoms with Gasteiger partial charge in [0.1, 0.15) is 11.6 Å². The molecule has 2 heterocycles. The molecule has 3 aliphatic rings. The third kappa shape index (κ3) is 2.75. The summed E-state index contributed by atoms with van der Waals surface area (Å²) in [7, 11) is 1.67. The van der Waals surface area contributed by atoms with E-state index in [9.17, 15) is 4.79 Å². The minimum absolute atomic E-state index is 0.301. The van der Waals surface area contributed by atoms with E-state index in [4.69, 9.17) is 4.74 Å². The molecule has 2 aromatic rings. The number of amides is 1. The number of nitrogens with zero attached hydrogens (tertiary/aromatic N) is 3. The van der Waals surface area contributed by atoms with E-state index in [-0.39, 0.29) is 5.41 Å². The summed E-state index contributed by atoms with van der Waals surface area (Å²) < 4.78 is 7.68. The summed E-state index contributed by atoms with van der Waals surface area (Å²) >= 11 is 0. The number of aromatic nitrogens is 2. The number of hydrogen-bond acceptors (Lipinski definition) is 3. The second-order valence-electron chi connectivity index (χ2n) is 8.41. The van der Waals surface area contributed by atoms with Crippen LogP contribution in [-0.2, 0) is 10.2 Å². The maximum absolute atomic E-state index is 13.4. The molecule has 0 N–H and O–H groups in total. The topological polar surface area (TPSA) is 47.4 Å². The largest absolute Gasteiger partial charge is 0.497 e. The van der Waals surface area contributed by atoms with Gasteiger partial charge in [0, 0.05) is 30.9 Å². The molecule has 2 aliphatic carbocycles. The second kappa shape index (κ2) is 6.11. The molecule has 3 fully saturated rings. The van der Waals surface area contributed by atoms with Crippen LogP contribution >= 0.6 is 0 Å². The molecule has 1 unspecified atom stereocenters. The van der Waals surface area contributed by atoms with Crippen molar-refractivity contribution in [3.8, 4) is 5.75 Å². The summed E-state index contributed by atoms with van der Waals surface area (Å²) in [5, 5.41) is 0. The number of ether oxygens (including phenoxy) is 1. The Labute approximate surface area is 160 Å². The smallest absolute Gasteiger partial charge is 0.233 e. The zero-order valence-electron chi connectivity index (χ0n) is 16.1. The molecule has 1 aromatic carbocycles. The van der Waals surface area contributed by atoms with Crippen molar-refractivity contribution < 1.29 is 9.53 Å². The molecule has 142 valence electrons. The second-order valence-corrected chi connectivity index (χ2v) is 8.41. The van der Waals surface area contributed by atoms with E-state index in [1.807, 2.05) is 18.3 Å². The number of rotatable bonds is 5. The Kier molecular flexibility index (Phi) is 3.81. The van der Waals surface area contributed by atoms with E-state index in [1.54, 1.807) is 7.11 Å². The van der Waals surface area contributed by atoms with Crippen LogP contribution < -0.4 is 4.74 Å². The molecule has 0 bridgehead atoms.